The lowest BCUT2D eigenvalue weighted by atomic mass is 10.1. The molecule has 1 aromatic carbocycles. The van der Waals surface area contributed by atoms with Crippen molar-refractivity contribution in [2.75, 3.05) is 5.32 Å². The van der Waals surface area contributed by atoms with Gasteiger partial charge in [0.25, 0.3) is 11.7 Å². The minimum absolute atomic E-state index is 0.0931. The van der Waals surface area contributed by atoms with Crippen molar-refractivity contribution in [3.05, 3.63) is 31.8 Å². The lowest BCUT2D eigenvalue weighted by Crippen LogP contribution is -2.12. The van der Waals surface area contributed by atoms with Crippen LogP contribution < -0.4 is 5.32 Å². The second kappa shape index (κ2) is 3.43. The fraction of sp³-hybridized carbons (Fsp3) is 0. The maximum atomic E-state index is 11.3. The second-order valence-corrected chi connectivity index (χ2v) is 3.77. The van der Waals surface area contributed by atoms with Gasteiger partial charge in [-0.2, -0.15) is 0 Å². The van der Waals surface area contributed by atoms with Crippen LogP contribution in [0.5, 0.6) is 0 Å². The Morgan fingerprint density at radius 2 is 1.94 bits per heavy atom. The van der Waals surface area contributed by atoms with Gasteiger partial charge in [-0.15, -0.1) is 0 Å². The van der Waals surface area contributed by atoms with E-state index >= 15 is 0 Å². The normalized spacial score (nSPS) is 13.6. The molecule has 16 heavy (non-hydrogen) atoms. The molecule has 82 valence electrons. The number of hydrogen-bond acceptors (Lipinski definition) is 4. The zero-order chi connectivity index (χ0) is 12.0. The van der Waals surface area contributed by atoms with Gasteiger partial charge in [0, 0.05) is 0 Å². The molecule has 0 fully saturated rings. The molecule has 0 bridgehead atoms. The summed E-state index contributed by atoms with van der Waals surface area (Å²) in [7, 11) is 0. The van der Waals surface area contributed by atoms with Gasteiger partial charge in [0.2, 0.25) is 0 Å². The molecule has 0 atom stereocenters. The van der Waals surface area contributed by atoms with Crippen molar-refractivity contribution in [3.63, 3.8) is 0 Å². The average molecular weight is 261 g/mol. The van der Waals surface area contributed by atoms with Crippen LogP contribution in [0.4, 0.5) is 11.4 Å². The van der Waals surface area contributed by atoms with Gasteiger partial charge in [-0.1, -0.05) is 23.2 Å². The molecule has 0 saturated carbocycles. The largest absolute Gasteiger partial charge is 0.318 e. The van der Waals surface area contributed by atoms with Crippen molar-refractivity contribution in [2.45, 2.75) is 0 Å². The van der Waals surface area contributed by atoms with Crippen LogP contribution in [0.1, 0.15) is 10.4 Å². The van der Waals surface area contributed by atoms with Gasteiger partial charge in [0.05, 0.1) is 16.2 Å². The molecule has 0 aliphatic carbocycles. The van der Waals surface area contributed by atoms with Crippen LogP contribution in [0.15, 0.2) is 6.07 Å². The third-order valence-corrected chi connectivity index (χ3v) is 2.71. The molecule has 1 aromatic rings. The predicted molar refractivity (Wildman–Crippen MR) is 56.1 cm³/mol. The van der Waals surface area contributed by atoms with Gasteiger partial charge in [0.15, 0.2) is 0 Å². The number of benzene rings is 1. The highest BCUT2D eigenvalue weighted by Crippen LogP contribution is 2.41. The van der Waals surface area contributed by atoms with Gasteiger partial charge in [-0.3, -0.25) is 19.7 Å². The first-order valence-corrected chi connectivity index (χ1v) is 4.71. The number of fused-ring (bicyclic) bond motifs is 1. The SMILES string of the molecule is O=C1Nc2cc(Cl)c([N+](=O)[O-])c(Cl)c2C1=O. The highest BCUT2D eigenvalue weighted by molar-refractivity contribution is 6.56. The molecule has 1 amide bonds. The second-order valence-electron chi connectivity index (χ2n) is 2.98. The standard InChI is InChI=1S/C8H2Cl2N2O4/c9-2-1-3-4(7(13)8(14)11-3)5(10)6(2)12(15)16/h1H,(H,11,13,14). The zero-order valence-electron chi connectivity index (χ0n) is 7.41. The Kier molecular flexibility index (Phi) is 2.32. The molecule has 0 unspecified atom stereocenters. The fourth-order valence-electron chi connectivity index (χ4n) is 1.39. The van der Waals surface area contributed by atoms with Crippen molar-refractivity contribution in [1.29, 1.82) is 0 Å². The summed E-state index contributed by atoms with van der Waals surface area (Å²) in [5.41, 5.74) is -0.690. The first kappa shape index (κ1) is 10.8. The Labute approximate surface area is 98.3 Å². The van der Waals surface area contributed by atoms with Crippen molar-refractivity contribution < 1.29 is 14.5 Å². The van der Waals surface area contributed by atoms with E-state index in [0.29, 0.717) is 0 Å². The molecule has 8 heteroatoms. The number of Topliss-reactive ketones (excluding diaryl/α,β-unsaturated/α-hetero) is 1. The molecule has 2 rings (SSSR count). The number of hydrogen-bond donors (Lipinski definition) is 1. The molecule has 1 heterocycles. The summed E-state index contributed by atoms with van der Waals surface area (Å²) in [6, 6.07) is 1.13. The molecule has 6 nitrogen and oxygen atoms in total. The van der Waals surface area contributed by atoms with Crippen molar-refractivity contribution in [3.8, 4) is 0 Å². The smallest absolute Gasteiger partial charge is 0.307 e. The average Bonchev–Trinajstić information content (AvgIpc) is 2.41. The van der Waals surface area contributed by atoms with E-state index in [-0.39, 0.29) is 16.3 Å². The summed E-state index contributed by atoms with van der Waals surface area (Å²) in [5, 5.41) is 12.2. The van der Waals surface area contributed by atoms with E-state index in [2.05, 4.69) is 5.32 Å². The van der Waals surface area contributed by atoms with Gasteiger partial charge in [-0.25, -0.2) is 0 Å². The highest BCUT2D eigenvalue weighted by atomic mass is 35.5. The van der Waals surface area contributed by atoms with Crippen LogP contribution in [0.2, 0.25) is 10.0 Å². The molecular formula is C8H2Cl2N2O4. The van der Waals surface area contributed by atoms with Crippen molar-refractivity contribution in [1.82, 2.24) is 0 Å². The number of carbonyl (C=O) groups is 2. The first-order chi connectivity index (χ1) is 7.43. The van der Waals surface area contributed by atoms with E-state index in [1.165, 1.54) is 0 Å². The maximum absolute atomic E-state index is 11.3. The number of carbonyl (C=O) groups excluding carboxylic acids is 2. The topological polar surface area (TPSA) is 89.3 Å². The molecule has 0 saturated heterocycles. The number of nitrogens with zero attached hydrogens (tertiary/aromatic N) is 1. The third-order valence-electron chi connectivity index (χ3n) is 2.06. The highest BCUT2D eigenvalue weighted by Gasteiger charge is 2.36. The molecular weight excluding hydrogens is 259 g/mol. The van der Waals surface area contributed by atoms with Gasteiger partial charge < -0.3 is 5.32 Å². The fourth-order valence-corrected chi connectivity index (χ4v) is 2.07. The van der Waals surface area contributed by atoms with E-state index in [4.69, 9.17) is 23.2 Å². The maximum Gasteiger partial charge on any atom is 0.307 e. The third kappa shape index (κ3) is 1.35. The van der Waals surface area contributed by atoms with Crippen LogP contribution in [0.25, 0.3) is 0 Å². The molecule has 0 spiro atoms. The summed E-state index contributed by atoms with van der Waals surface area (Å²) in [5.74, 6) is -1.78. The quantitative estimate of drug-likeness (QED) is 0.475. The Bertz CT molecular complexity index is 555. The minimum Gasteiger partial charge on any atom is -0.318 e. The number of nitro benzene ring substituents is 1. The monoisotopic (exact) mass is 260 g/mol. The number of rotatable bonds is 1. The van der Waals surface area contributed by atoms with Gasteiger partial charge in [0.1, 0.15) is 10.0 Å². The molecule has 1 aliphatic heterocycles. The van der Waals surface area contributed by atoms with Crippen LogP contribution in [0.3, 0.4) is 0 Å². The van der Waals surface area contributed by atoms with Crippen LogP contribution in [0, 0.1) is 10.1 Å². The Balaban J connectivity index is 2.78. The summed E-state index contributed by atoms with van der Waals surface area (Å²) in [6.45, 7) is 0. The zero-order valence-corrected chi connectivity index (χ0v) is 8.93. The number of nitro groups is 1. The van der Waals surface area contributed by atoms with E-state index in [0.717, 1.165) is 6.07 Å². The number of ketones is 1. The minimum atomic E-state index is -0.903. The van der Waals surface area contributed by atoms with E-state index in [1.54, 1.807) is 0 Å². The van der Waals surface area contributed by atoms with Crippen molar-refractivity contribution in [2.24, 2.45) is 0 Å². The lowest BCUT2D eigenvalue weighted by molar-refractivity contribution is -0.384. The van der Waals surface area contributed by atoms with Crippen molar-refractivity contribution >= 4 is 46.3 Å². The van der Waals surface area contributed by atoms with Crippen LogP contribution in [-0.4, -0.2) is 16.6 Å². The number of amides is 1. The summed E-state index contributed by atoms with van der Waals surface area (Å²) in [4.78, 5) is 32.2. The molecule has 1 aliphatic rings. The van der Waals surface area contributed by atoms with Gasteiger partial charge in [-0.05, 0) is 6.07 Å². The number of anilines is 1. The lowest BCUT2D eigenvalue weighted by Gasteiger charge is -2.02. The number of nitrogens with one attached hydrogen (secondary N) is 1. The molecule has 0 radical (unpaired) electrons. The Hall–Kier alpha value is -1.66. The molecule has 1 N–H and O–H groups in total. The van der Waals surface area contributed by atoms with Crippen LogP contribution in [-0.2, 0) is 4.79 Å². The number of halogens is 2. The first-order valence-electron chi connectivity index (χ1n) is 3.95. The van der Waals surface area contributed by atoms with E-state index in [9.17, 15) is 19.7 Å². The molecule has 0 aromatic heterocycles. The Morgan fingerprint density at radius 3 is 2.50 bits per heavy atom. The summed E-state index contributed by atoms with van der Waals surface area (Å²) in [6.07, 6.45) is 0. The van der Waals surface area contributed by atoms with Crippen LogP contribution >= 0.6 is 23.2 Å². The van der Waals surface area contributed by atoms with Gasteiger partial charge >= 0.3 is 5.69 Å². The van der Waals surface area contributed by atoms with E-state index < -0.39 is 27.3 Å². The Morgan fingerprint density at radius 1 is 1.31 bits per heavy atom. The summed E-state index contributed by atoms with van der Waals surface area (Å²) >= 11 is 11.3. The van der Waals surface area contributed by atoms with E-state index in [1.807, 2.05) is 0 Å². The predicted octanol–water partition coefficient (Wildman–Crippen LogP) is 2.04. The summed E-state index contributed by atoms with van der Waals surface area (Å²) < 4.78 is 0.